The van der Waals surface area contributed by atoms with Crippen LogP contribution in [0.1, 0.15) is 27.0 Å². The molecule has 0 heterocycles. The Kier molecular flexibility index (Phi) is 4.26. The van der Waals surface area contributed by atoms with E-state index in [1.54, 1.807) is 18.2 Å². The summed E-state index contributed by atoms with van der Waals surface area (Å²) in [6.07, 6.45) is 3.02. The fourth-order valence-electron chi connectivity index (χ4n) is 2.00. The summed E-state index contributed by atoms with van der Waals surface area (Å²) >= 11 is 5.86. The average molecular weight is 287 g/mol. The second kappa shape index (κ2) is 5.93. The zero-order valence-corrected chi connectivity index (χ0v) is 12.1. The zero-order valence-electron chi connectivity index (χ0n) is 11.4. The number of benzene rings is 2. The molecule has 0 aliphatic rings. The summed E-state index contributed by atoms with van der Waals surface area (Å²) in [5, 5.41) is 10.2. The standard InChI is InChI=1S/C17H15ClO2/c1-11-3-6-15(12(2)9-11)17(20)7-4-13-10-14(18)5-8-16(13)19/h3-10,19H,1-2H3/b7-4+. The van der Waals surface area contributed by atoms with E-state index in [0.29, 0.717) is 16.1 Å². The van der Waals surface area contributed by atoms with Crippen molar-refractivity contribution in [2.24, 2.45) is 0 Å². The average Bonchev–Trinajstić information content (AvgIpc) is 2.39. The molecule has 0 bridgehead atoms. The maximum Gasteiger partial charge on any atom is 0.186 e. The number of carbonyl (C=O) groups excluding carboxylic acids is 1. The summed E-state index contributed by atoms with van der Waals surface area (Å²) < 4.78 is 0. The second-order valence-corrected chi connectivity index (χ2v) is 5.16. The third-order valence-electron chi connectivity index (χ3n) is 3.05. The van der Waals surface area contributed by atoms with E-state index >= 15 is 0 Å². The number of rotatable bonds is 3. The van der Waals surface area contributed by atoms with Crippen LogP contribution in [-0.2, 0) is 0 Å². The van der Waals surface area contributed by atoms with Crippen LogP contribution in [0.2, 0.25) is 5.02 Å². The van der Waals surface area contributed by atoms with Crippen LogP contribution < -0.4 is 0 Å². The summed E-state index contributed by atoms with van der Waals surface area (Å²) in [6.45, 7) is 3.89. The van der Waals surface area contributed by atoms with Crippen LogP contribution in [0.3, 0.4) is 0 Å². The molecule has 102 valence electrons. The number of aryl methyl sites for hydroxylation is 2. The van der Waals surface area contributed by atoms with E-state index < -0.39 is 0 Å². The van der Waals surface area contributed by atoms with Gasteiger partial charge in [-0.1, -0.05) is 35.4 Å². The second-order valence-electron chi connectivity index (χ2n) is 4.72. The summed E-state index contributed by atoms with van der Waals surface area (Å²) in [7, 11) is 0. The van der Waals surface area contributed by atoms with Gasteiger partial charge >= 0.3 is 0 Å². The van der Waals surface area contributed by atoms with Crippen LogP contribution >= 0.6 is 11.6 Å². The van der Waals surface area contributed by atoms with E-state index in [2.05, 4.69) is 0 Å². The molecular weight excluding hydrogens is 272 g/mol. The van der Waals surface area contributed by atoms with Crippen molar-refractivity contribution in [3.05, 3.63) is 69.8 Å². The Labute approximate surface area is 123 Å². The van der Waals surface area contributed by atoms with E-state index in [4.69, 9.17) is 11.6 Å². The molecule has 3 heteroatoms. The minimum Gasteiger partial charge on any atom is -0.507 e. The summed E-state index contributed by atoms with van der Waals surface area (Å²) in [4.78, 5) is 12.1. The van der Waals surface area contributed by atoms with Gasteiger partial charge in [0.15, 0.2) is 5.78 Å². The van der Waals surface area contributed by atoms with Crippen molar-refractivity contribution in [2.75, 3.05) is 0 Å². The fraction of sp³-hybridized carbons (Fsp3) is 0.118. The minimum atomic E-state index is -0.0955. The molecular formula is C17H15ClO2. The minimum absolute atomic E-state index is 0.0955. The van der Waals surface area contributed by atoms with Crippen molar-refractivity contribution >= 4 is 23.5 Å². The Balaban J connectivity index is 2.27. The lowest BCUT2D eigenvalue weighted by Crippen LogP contribution is -1.98. The molecule has 0 atom stereocenters. The van der Waals surface area contributed by atoms with Crippen LogP contribution in [-0.4, -0.2) is 10.9 Å². The van der Waals surface area contributed by atoms with Gasteiger partial charge in [-0.2, -0.15) is 0 Å². The lowest BCUT2D eigenvalue weighted by molar-refractivity contribution is 0.104. The molecule has 0 saturated heterocycles. The third-order valence-corrected chi connectivity index (χ3v) is 3.29. The van der Waals surface area contributed by atoms with Crippen LogP contribution in [0.5, 0.6) is 5.75 Å². The largest absolute Gasteiger partial charge is 0.507 e. The van der Waals surface area contributed by atoms with Gasteiger partial charge in [0.2, 0.25) is 0 Å². The molecule has 1 N–H and O–H groups in total. The number of phenolic OH excluding ortho intramolecular Hbond substituents is 1. The molecule has 0 amide bonds. The van der Waals surface area contributed by atoms with Gasteiger partial charge in [0.05, 0.1) is 0 Å². The van der Waals surface area contributed by atoms with Gasteiger partial charge in [-0.3, -0.25) is 4.79 Å². The van der Waals surface area contributed by atoms with Gasteiger partial charge in [-0.25, -0.2) is 0 Å². The van der Waals surface area contributed by atoms with Gasteiger partial charge in [0.1, 0.15) is 5.75 Å². The summed E-state index contributed by atoms with van der Waals surface area (Å²) in [5.74, 6) is 0.000883. The van der Waals surface area contributed by atoms with Crippen LogP contribution in [0.25, 0.3) is 6.08 Å². The number of ketones is 1. The van der Waals surface area contributed by atoms with Crippen molar-refractivity contribution in [1.82, 2.24) is 0 Å². The molecule has 2 aromatic carbocycles. The lowest BCUT2D eigenvalue weighted by atomic mass is 10.0. The first-order valence-corrected chi connectivity index (χ1v) is 6.63. The highest BCUT2D eigenvalue weighted by Gasteiger charge is 2.06. The normalized spacial score (nSPS) is 10.9. The smallest absolute Gasteiger partial charge is 0.186 e. The molecule has 0 fully saturated rings. The maximum atomic E-state index is 12.1. The third kappa shape index (κ3) is 3.28. The van der Waals surface area contributed by atoms with Gasteiger partial charge < -0.3 is 5.11 Å². The molecule has 0 saturated carbocycles. The first-order valence-electron chi connectivity index (χ1n) is 6.25. The molecule has 20 heavy (non-hydrogen) atoms. The Morgan fingerprint density at radius 3 is 2.60 bits per heavy atom. The molecule has 2 nitrogen and oxygen atoms in total. The van der Waals surface area contributed by atoms with Gasteiger partial charge in [0.25, 0.3) is 0 Å². The Hall–Kier alpha value is -2.06. The maximum absolute atomic E-state index is 12.1. The van der Waals surface area contributed by atoms with Crippen molar-refractivity contribution < 1.29 is 9.90 Å². The number of hydrogen-bond acceptors (Lipinski definition) is 2. The van der Waals surface area contributed by atoms with Crippen LogP contribution in [0.15, 0.2) is 42.5 Å². The van der Waals surface area contributed by atoms with E-state index in [1.165, 1.54) is 12.1 Å². The number of halogens is 1. The van der Waals surface area contributed by atoms with Gasteiger partial charge in [-0.15, -0.1) is 0 Å². The zero-order chi connectivity index (χ0) is 14.7. The highest BCUT2D eigenvalue weighted by molar-refractivity contribution is 6.30. The molecule has 0 radical (unpaired) electrons. The number of allylic oxidation sites excluding steroid dienone is 1. The molecule has 0 aliphatic carbocycles. The molecule has 2 rings (SSSR count). The van der Waals surface area contributed by atoms with Crippen LogP contribution in [0, 0.1) is 13.8 Å². The Bertz CT molecular complexity index is 687. The number of carbonyl (C=O) groups is 1. The molecule has 2 aromatic rings. The lowest BCUT2D eigenvalue weighted by Gasteiger charge is -2.03. The van der Waals surface area contributed by atoms with E-state index in [1.807, 2.05) is 32.0 Å². The number of phenols is 1. The fourth-order valence-corrected chi connectivity index (χ4v) is 2.18. The van der Waals surface area contributed by atoms with Crippen molar-refractivity contribution in [2.45, 2.75) is 13.8 Å². The van der Waals surface area contributed by atoms with E-state index in [0.717, 1.165) is 11.1 Å². The Morgan fingerprint density at radius 1 is 1.15 bits per heavy atom. The van der Waals surface area contributed by atoms with E-state index in [-0.39, 0.29) is 11.5 Å². The Morgan fingerprint density at radius 2 is 1.90 bits per heavy atom. The van der Waals surface area contributed by atoms with Gasteiger partial charge in [-0.05, 0) is 49.8 Å². The highest BCUT2D eigenvalue weighted by atomic mass is 35.5. The quantitative estimate of drug-likeness (QED) is 0.663. The number of hydrogen-bond donors (Lipinski definition) is 1. The highest BCUT2D eigenvalue weighted by Crippen LogP contribution is 2.23. The van der Waals surface area contributed by atoms with Crippen molar-refractivity contribution in [1.29, 1.82) is 0 Å². The SMILES string of the molecule is Cc1ccc(C(=O)/C=C/c2cc(Cl)ccc2O)c(C)c1. The molecule has 0 spiro atoms. The number of aromatic hydroxyl groups is 1. The summed E-state index contributed by atoms with van der Waals surface area (Å²) in [5.41, 5.74) is 3.24. The first kappa shape index (κ1) is 14.4. The molecule has 0 aliphatic heterocycles. The van der Waals surface area contributed by atoms with Crippen molar-refractivity contribution in [3.8, 4) is 5.75 Å². The van der Waals surface area contributed by atoms with E-state index in [9.17, 15) is 9.90 Å². The summed E-state index contributed by atoms with van der Waals surface area (Å²) in [6, 6.07) is 10.4. The topological polar surface area (TPSA) is 37.3 Å². The predicted molar refractivity (Wildman–Crippen MR) is 82.4 cm³/mol. The molecule has 0 unspecified atom stereocenters. The first-order chi connectivity index (χ1) is 9.47. The van der Waals surface area contributed by atoms with Crippen LogP contribution in [0.4, 0.5) is 0 Å². The van der Waals surface area contributed by atoms with Crippen molar-refractivity contribution in [3.63, 3.8) is 0 Å². The molecule has 0 aromatic heterocycles. The monoisotopic (exact) mass is 286 g/mol. The predicted octanol–water partition coefficient (Wildman–Crippen LogP) is 4.56. The van der Waals surface area contributed by atoms with Gasteiger partial charge in [0, 0.05) is 16.1 Å².